The van der Waals surface area contributed by atoms with Crippen molar-refractivity contribution < 1.29 is 0 Å². The van der Waals surface area contributed by atoms with Crippen LogP contribution in [0.3, 0.4) is 0 Å². The molecule has 9 aromatic rings. The zero-order chi connectivity index (χ0) is 36.3. The molecule has 4 nitrogen and oxygen atoms in total. The zero-order valence-corrected chi connectivity index (χ0v) is 29.8. The first-order valence-corrected chi connectivity index (χ1v) is 18.6. The number of benzene rings is 7. The Morgan fingerprint density at radius 2 is 0.945 bits per heavy atom. The van der Waals surface area contributed by atoms with Crippen LogP contribution in [0, 0.1) is 0 Å². The standard InChI is InChI=1S/C51H32N4/c1-3-14-35(15-4-1)47-30-48(40-31-52-49(53-32-40)36-16-5-2-6-17-36)55-50(54-47)39-26-25-34-24-23-33-13-9-11-21-43(33)51(45(34)29-39)44-22-12-10-20-41(44)42-27-37-18-7-8-19-38(37)28-46(42)51/h1-32H. The Morgan fingerprint density at radius 3 is 1.71 bits per heavy atom. The average molecular weight is 701 g/mol. The Kier molecular flexibility index (Phi) is 7.04. The molecule has 2 aliphatic carbocycles. The number of aromatic nitrogens is 4. The summed E-state index contributed by atoms with van der Waals surface area (Å²) in [5, 5.41) is 2.46. The molecule has 11 rings (SSSR count). The molecule has 0 saturated heterocycles. The molecule has 0 saturated carbocycles. The van der Waals surface area contributed by atoms with Crippen LogP contribution in [0.2, 0.25) is 0 Å². The summed E-state index contributed by atoms with van der Waals surface area (Å²) < 4.78 is 0. The van der Waals surface area contributed by atoms with Gasteiger partial charge in [0.25, 0.3) is 0 Å². The van der Waals surface area contributed by atoms with Crippen LogP contribution in [-0.2, 0) is 5.41 Å². The van der Waals surface area contributed by atoms with E-state index in [0.717, 1.165) is 33.6 Å². The first-order chi connectivity index (χ1) is 27.2. The van der Waals surface area contributed by atoms with E-state index in [2.05, 4.69) is 127 Å². The van der Waals surface area contributed by atoms with Crippen molar-refractivity contribution in [1.82, 2.24) is 19.9 Å². The first kappa shape index (κ1) is 31.2. The van der Waals surface area contributed by atoms with Crippen LogP contribution in [0.4, 0.5) is 0 Å². The van der Waals surface area contributed by atoms with Crippen LogP contribution in [0.25, 0.3) is 79.3 Å². The molecule has 0 bridgehead atoms. The zero-order valence-electron chi connectivity index (χ0n) is 29.8. The van der Waals surface area contributed by atoms with Gasteiger partial charge in [0.15, 0.2) is 11.6 Å². The monoisotopic (exact) mass is 700 g/mol. The summed E-state index contributed by atoms with van der Waals surface area (Å²) in [7, 11) is 0. The lowest BCUT2D eigenvalue weighted by Crippen LogP contribution is -2.30. The van der Waals surface area contributed by atoms with Crippen LogP contribution >= 0.6 is 0 Å². The summed E-state index contributed by atoms with van der Waals surface area (Å²) in [6.45, 7) is 0. The van der Waals surface area contributed by atoms with E-state index in [0.29, 0.717) is 11.6 Å². The van der Waals surface area contributed by atoms with Crippen molar-refractivity contribution in [2.24, 2.45) is 0 Å². The largest absolute Gasteiger partial charge is 0.236 e. The van der Waals surface area contributed by atoms with Crippen LogP contribution in [0.5, 0.6) is 0 Å². The summed E-state index contributed by atoms with van der Waals surface area (Å²) >= 11 is 0. The molecule has 0 amide bonds. The molecule has 0 aliphatic heterocycles. The third kappa shape index (κ3) is 4.92. The minimum atomic E-state index is -0.581. The second kappa shape index (κ2) is 12.4. The van der Waals surface area contributed by atoms with Gasteiger partial charge in [-0.25, -0.2) is 19.9 Å². The maximum atomic E-state index is 5.26. The Bertz CT molecular complexity index is 2970. The Morgan fingerprint density at radius 1 is 0.345 bits per heavy atom. The topological polar surface area (TPSA) is 51.6 Å². The molecule has 0 radical (unpaired) electrons. The summed E-state index contributed by atoms with van der Waals surface area (Å²) in [6, 6.07) is 60.4. The molecule has 1 spiro atoms. The van der Waals surface area contributed by atoms with Crippen molar-refractivity contribution in [3.05, 3.63) is 216 Å². The predicted octanol–water partition coefficient (Wildman–Crippen LogP) is 11.9. The maximum Gasteiger partial charge on any atom is 0.160 e. The van der Waals surface area contributed by atoms with Gasteiger partial charge in [0.05, 0.1) is 16.8 Å². The molecule has 55 heavy (non-hydrogen) atoms. The van der Waals surface area contributed by atoms with E-state index in [-0.39, 0.29) is 0 Å². The van der Waals surface area contributed by atoms with E-state index in [1.807, 2.05) is 67.0 Å². The predicted molar refractivity (Wildman–Crippen MR) is 223 cm³/mol. The van der Waals surface area contributed by atoms with Crippen LogP contribution in [-0.4, -0.2) is 19.9 Å². The normalized spacial score (nSPS) is 14.9. The lowest BCUT2D eigenvalue weighted by atomic mass is 9.65. The Hall–Kier alpha value is -7.30. The van der Waals surface area contributed by atoms with Crippen molar-refractivity contribution in [2.45, 2.75) is 5.41 Å². The van der Waals surface area contributed by atoms with Gasteiger partial charge in [-0.3, -0.25) is 0 Å². The van der Waals surface area contributed by atoms with E-state index >= 15 is 0 Å². The molecular weight excluding hydrogens is 669 g/mol. The van der Waals surface area contributed by atoms with Crippen molar-refractivity contribution in [3.63, 3.8) is 0 Å². The van der Waals surface area contributed by atoms with Gasteiger partial charge >= 0.3 is 0 Å². The summed E-state index contributed by atoms with van der Waals surface area (Å²) in [5.41, 5.74) is 14.7. The second-order valence-corrected chi connectivity index (χ2v) is 14.3. The lowest BCUT2D eigenvalue weighted by molar-refractivity contribution is 0.767. The van der Waals surface area contributed by atoms with Crippen molar-refractivity contribution >= 4 is 22.9 Å². The molecule has 4 heteroatoms. The van der Waals surface area contributed by atoms with Crippen LogP contribution in [0.15, 0.2) is 182 Å². The van der Waals surface area contributed by atoms with Gasteiger partial charge in [0.2, 0.25) is 0 Å². The molecule has 0 N–H and O–H groups in total. The maximum absolute atomic E-state index is 5.26. The van der Waals surface area contributed by atoms with Crippen LogP contribution in [0.1, 0.15) is 33.4 Å². The van der Waals surface area contributed by atoms with Gasteiger partial charge in [-0.15, -0.1) is 0 Å². The Balaban J connectivity index is 1.16. The number of nitrogens with zero attached hydrogens (tertiary/aromatic N) is 4. The lowest BCUT2D eigenvalue weighted by Gasteiger charge is -2.35. The fraction of sp³-hybridized carbons (Fsp3) is 0.0196. The van der Waals surface area contributed by atoms with Gasteiger partial charge in [-0.05, 0) is 79.5 Å². The highest BCUT2D eigenvalue weighted by molar-refractivity contribution is 5.98. The average Bonchev–Trinajstić information content (AvgIpc) is 3.45. The third-order valence-corrected chi connectivity index (χ3v) is 11.2. The number of hydrogen-bond donors (Lipinski definition) is 0. The van der Waals surface area contributed by atoms with Gasteiger partial charge in [0, 0.05) is 34.6 Å². The van der Waals surface area contributed by atoms with E-state index in [1.54, 1.807) is 0 Å². The van der Waals surface area contributed by atoms with Crippen molar-refractivity contribution in [2.75, 3.05) is 0 Å². The van der Waals surface area contributed by atoms with E-state index in [9.17, 15) is 0 Å². The molecule has 2 aliphatic rings. The minimum Gasteiger partial charge on any atom is -0.236 e. The van der Waals surface area contributed by atoms with E-state index in [1.165, 1.54) is 55.3 Å². The van der Waals surface area contributed by atoms with Gasteiger partial charge < -0.3 is 0 Å². The van der Waals surface area contributed by atoms with Gasteiger partial charge in [0.1, 0.15) is 0 Å². The summed E-state index contributed by atoms with van der Waals surface area (Å²) in [6.07, 6.45) is 8.27. The SMILES string of the molecule is C1=Cc2ccc(-c3nc(-c4ccccc4)cc(-c4cnc(-c5ccccc5)nc4)n3)cc2C2(c3ccccc31)c1ccccc1-c1cc3ccccc3cc12. The number of rotatable bonds is 4. The Labute approximate surface area is 319 Å². The fourth-order valence-electron chi connectivity index (χ4n) is 8.70. The molecular formula is C51H32N4. The molecule has 7 aromatic carbocycles. The van der Waals surface area contributed by atoms with E-state index < -0.39 is 5.41 Å². The molecule has 1 atom stereocenters. The van der Waals surface area contributed by atoms with Crippen molar-refractivity contribution in [1.29, 1.82) is 0 Å². The van der Waals surface area contributed by atoms with Crippen LogP contribution < -0.4 is 0 Å². The van der Waals surface area contributed by atoms with E-state index in [4.69, 9.17) is 19.9 Å². The third-order valence-electron chi connectivity index (χ3n) is 11.2. The molecule has 2 aromatic heterocycles. The first-order valence-electron chi connectivity index (χ1n) is 18.6. The fourth-order valence-corrected chi connectivity index (χ4v) is 8.70. The highest BCUT2D eigenvalue weighted by Crippen LogP contribution is 2.59. The molecule has 2 heterocycles. The minimum absolute atomic E-state index is 0.581. The molecule has 256 valence electrons. The quantitative estimate of drug-likeness (QED) is 0.183. The summed E-state index contributed by atoms with van der Waals surface area (Å²) in [4.78, 5) is 20.0. The van der Waals surface area contributed by atoms with Gasteiger partial charge in [-0.1, -0.05) is 158 Å². The highest BCUT2D eigenvalue weighted by Gasteiger charge is 2.48. The highest BCUT2D eigenvalue weighted by atomic mass is 14.9. The second-order valence-electron chi connectivity index (χ2n) is 14.3. The summed E-state index contributed by atoms with van der Waals surface area (Å²) in [5.74, 6) is 1.32. The molecule has 1 unspecified atom stereocenters. The smallest absolute Gasteiger partial charge is 0.160 e. The van der Waals surface area contributed by atoms with Gasteiger partial charge in [-0.2, -0.15) is 0 Å². The number of hydrogen-bond acceptors (Lipinski definition) is 4. The number of fused-ring (bicyclic) bond motifs is 10. The molecule has 0 fully saturated rings. The van der Waals surface area contributed by atoms with Crippen molar-refractivity contribution in [3.8, 4) is 56.4 Å².